The van der Waals surface area contributed by atoms with E-state index < -0.39 is 16.7 Å². The number of piperidine rings is 1. The Labute approximate surface area is 126 Å². The summed E-state index contributed by atoms with van der Waals surface area (Å²) in [6.07, 6.45) is 2.50. The van der Waals surface area contributed by atoms with Crippen LogP contribution in [0.5, 0.6) is 0 Å². The highest BCUT2D eigenvalue weighted by atomic mass is 16.6. The van der Waals surface area contributed by atoms with Crippen molar-refractivity contribution in [1.82, 2.24) is 4.90 Å². The predicted molar refractivity (Wildman–Crippen MR) is 79.0 cm³/mol. The lowest BCUT2D eigenvalue weighted by Gasteiger charge is -2.51. The van der Waals surface area contributed by atoms with Gasteiger partial charge < -0.3 is 25.2 Å². The van der Waals surface area contributed by atoms with Gasteiger partial charge in [-0.05, 0) is 46.5 Å². The van der Waals surface area contributed by atoms with E-state index in [9.17, 15) is 9.90 Å². The van der Waals surface area contributed by atoms with Gasteiger partial charge in [0.2, 0.25) is 0 Å². The van der Waals surface area contributed by atoms with Gasteiger partial charge >= 0.3 is 6.09 Å². The fourth-order valence-electron chi connectivity index (χ4n) is 3.12. The molecule has 122 valence electrons. The van der Waals surface area contributed by atoms with E-state index in [-0.39, 0.29) is 12.7 Å². The number of rotatable bonds is 1. The number of carbonyl (C=O) groups excluding carboxylic acids is 1. The molecule has 0 radical (unpaired) electrons. The van der Waals surface area contributed by atoms with Gasteiger partial charge in [-0.2, -0.15) is 0 Å². The van der Waals surface area contributed by atoms with Crippen LogP contribution in [0.2, 0.25) is 0 Å². The predicted octanol–water partition coefficient (Wildman–Crippen LogP) is 1.26. The summed E-state index contributed by atoms with van der Waals surface area (Å²) in [5.74, 6) is 0. The average molecular weight is 300 g/mol. The summed E-state index contributed by atoms with van der Waals surface area (Å²) in [4.78, 5) is 13.8. The van der Waals surface area contributed by atoms with Crippen LogP contribution in [-0.2, 0) is 9.47 Å². The van der Waals surface area contributed by atoms with Gasteiger partial charge in [0.05, 0.1) is 12.1 Å². The van der Waals surface area contributed by atoms with Crippen LogP contribution in [0.1, 0.15) is 46.5 Å². The molecule has 0 spiro atoms. The summed E-state index contributed by atoms with van der Waals surface area (Å²) >= 11 is 0. The van der Waals surface area contributed by atoms with Crippen LogP contribution in [-0.4, -0.2) is 59.1 Å². The minimum atomic E-state index is -1.06. The maximum atomic E-state index is 12.2. The van der Waals surface area contributed by atoms with E-state index >= 15 is 0 Å². The molecule has 0 bridgehead atoms. The fourth-order valence-corrected chi connectivity index (χ4v) is 3.12. The van der Waals surface area contributed by atoms with Crippen molar-refractivity contribution < 1.29 is 19.4 Å². The first-order chi connectivity index (χ1) is 9.65. The Morgan fingerprint density at radius 2 is 2.05 bits per heavy atom. The number of likely N-dealkylation sites (tertiary alicyclic amines) is 1. The van der Waals surface area contributed by atoms with Crippen molar-refractivity contribution in [2.75, 3.05) is 26.3 Å². The molecular weight excluding hydrogens is 272 g/mol. The highest BCUT2D eigenvalue weighted by Gasteiger charge is 2.51. The smallest absolute Gasteiger partial charge is 0.410 e. The van der Waals surface area contributed by atoms with Crippen molar-refractivity contribution in [3.05, 3.63) is 0 Å². The van der Waals surface area contributed by atoms with Crippen LogP contribution >= 0.6 is 0 Å². The lowest BCUT2D eigenvalue weighted by atomic mass is 9.72. The SMILES string of the molecule is CC(C)(C)OC(=O)N1CCCC(N)(C2(O)CCCOC2)C1. The van der Waals surface area contributed by atoms with E-state index in [0.29, 0.717) is 32.5 Å². The fraction of sp³-hybridized carbons (Fsp3) is 0.933. The van der Waals surface area contributed by atoms with Crippen LogP contribution in [0.15, 0.2) is 0 Å². The lowest BCUT2D eigenvalue weighted by molar-refractivity contribution is -0.142. The Morgan fingerprint density at radius 3 is 2.62 bits per heavy atom. The number of nitrogens with two attached hydrogens (primary N) is 1. The molecule has 1 amide bonds. The molecule has 3 N–H and O–H groups in total. The highest BCUT2D eigenvalue weighted by Crippen LogP contribution is 2.35. The Balaban J connectivity index is 2.07. The summed E-state index contributed by atoms with van der Waals surface area (Å²) in [5.41, 5.74) is 4.06. The lowest BCUT2D eigenvalue weighted by Crippen LogP contribution is -2.70. The van der Waals surface area contributed by atoms with Gasteiger partial charge in [0.15, 0.2) is 0 Å². The number of amides is 1. The van der Waals surface area contributed by atoms with Gasteiger partial charge in [0.1, 0.15) is 11.2 Å². The maximum Gasteiger partial charge on any atom is 0.410 e. The zero-order valence-corrected chi connectivity index (χ0v) is 13.4. The monoisotopic (exact) mass is 300 g/mol. The van der Waals surface area contributed by atoms with Crippen LogP contribution in [0.3, 0.4) is 0 Å². The number of carbonyl (C=O) groups is 1. The summed E-state index contributed by atoms with van der Waals surface area (Å²) in [6.45, 7) is 7.35. The third-order valence-electron chi connectivity index (χ3n) is 4.32. The molecule has 2 aliphatic rings. The van der Waals surface area contributed by atoms with Crippen LogP contribution in [0.4, 0.5) is 4.79 Å². The van der Waals surface area contributed by atoms with Gasteiger partial charge in [0, 0.05) is 19.7 Å². The Bertz CT molecular complexity index is 388. The number of hydrogen-bond acceptors (Lipinski definition) is 5. The van der Waals surface area contributed by atoms with E-state index in [1.807, 2.05) is 20.8 Å². The first kappa shape index (κ1) is 16.5. The minimum Gasteiger partial charge on any atom is -0.444 e. The van der Waals surface area contributed by atoms with Crippen molar-refractivity contribution in [1.29, 1.82) is 0 Å². The van der Waals surface area contributed by atoms with Crippen molar-refractivity contribution in [3.63, 3.8) is 0 Å². The summed E-state index contributed by atoms with van der Waals surface area (Å²) in [6, 6.07) is 0. The number of ether oxygens (including phenoxy) is 2. The summed E-state index contributed by atoms with van der Waals surface area (Å²) in [5, 5.41) is 10.9. The molecule has 2 heterocycles. The Hall–Kier alpha value is -0.850. The topological polar surface area (TPSA) is 85.0 Å². The zero-order chi connectivity index (χ0) is 15.7. The molecule has 0 aromatic rings. The molecule has 0 saturated carbocycles. The number of aliphatic hydroxyl groups is 1. The quantitative estimate of drug-likeness (QED) is 0.761. The van der Waals surface area contributed by atoms with Crippen LogP contribution < -0.4 is 5.73 Å². The van der Waals surface area contributed by atoms with Crippen LogP contribution in [0, 0.1) is 0 Å². The first-order valence-electron chi connectivity index (χ1n) is 7.72. The molecule has 2 fully saturated rings. The van der Waals surface area contributed by atoms with Gasteiger partial charge in [-0.1, -0.05) is 0 Å². The van der Waals surface area contributed by atoms with Gasteiger partial charge in [0.25, 0.3) is 0 Å². The maximum absolute atomic E-state index is 12.2. The Kier molecular flexibility index (Phi) is 4.52. The van der Waals surface area contributed by atoms with Gasteiger partial charge in [-0.3, -0.25) is 0 Å². The molecule has 0 aromatic heterocycles. The normalized spacial score (nSPS) is 34.6. The van der Waals surface area contributed by atoms with Gasteiger partial charge in [-0.25, -0.2) is 4.79 Å². The average Bonchev–Trinajstić information content (AvgIpc) is 2.37. The van der Waals surface area contributed by atoms with E-state index in [2.05, 4.69) is 0 Å². The standard InChI is InChI=1S/C15H28N2O4/c1-13(2,3)21-12(18)17-8-4-6-14(16,10-17)15(19)7-5-9-20-11-15/h19H,4-11,16H2,1-3H3. The molecule has 2 rings (SSSR count). The minimum absolute atomic E-state index is 0.242. The van der Waals surface area contributed by atoms with Crippen molar-refractivity contribution >= 4 is 6.09 Å². The molecule has 0 aromatic carbocycles. The van der Waals surface area contributed by atoms with E-state index in [4.69, 9.17) is 15.2 Å². The molecule has 2 atom stereocenters. The summed E-state index contributed by atoms with van der Waals surface area (Å²) in [7, 11) is 0. The number of nitrogens with zero attached hydrogens (tertiary/aromatic N) is 1. The molecule has 2 unspecified atom stereocenters. The largest absolute Gasteiger partial charge is 0.444 e. The summed E-state index contributed by atoms with van der Waals surface area (Å²) < 4.78 is 10.8. The second-order valence-corrected chi connectivity index (χ2v) is 7.35. The van der Waals surface area contributed by atoms with E-state index in [1.165, 1.54) is 0 Å². The number of hydrogen-bond donors (Lipinski definition) is 2. The second kappa shape index (κ2) is 5.74. The van der Waals surface area contributed by atoms with Crippen molar-refractivity contribution in [3.8, 4) is 0 Å². The van der Waals surface area contributed by atoms with Crippen molar-refractivity contribution in [2.45, 2.75) is 63.2 Å². The van der Waals surface area contributed by atoms with E-state index in [0.717, 1.165) is 12.8 Å². The molecule has 0 aliphatic carbocycles. The molecule has 2 saturated heterocycles. The van der Waals surface area contributed by atoms with Gasteiger partial charge in [-0.15, -0.1) is 0 Å². The third-order valence-corrected chi connectivity index (χ3v) is 4.32. The zero-order valence-electron chi connectivity index (χ0n) is 13.4. The molecule has 6 nitrogen and oxygen atoms in total. The molecule has 6 heteroatoms. The second-order valence-electron chi connectivity index (χ2n) is 7.35. The van der Waals surface area contributed by atoms with Crippen LogP contribution in [0.25, 0.3) is 0 Å². The molecular formula is C15H28N2O4. The van der Waals surface area contributed by atoms with E-state index in [1.54, 1.807) is 4.90 Å². The Morgan fingerprint density at radius 1 is 1.33 bits per heavy atom. The highest BCUT2D eigenvalue weighted by molar-refractivity contribution is 5.68. The first-order valence-corrected chi connectivity index (χ1v) is 7.72. The third kappa shape index (κ3) is 3.67. The van der Waals surface area contributed by atoms with Crippen molar-refractivity contribution in [2.24, 2.45) is 5.73 Å². The molecule has 21 heavy (non-hydrogen) atoms. The molecule has 2 aliphatic heterocycles.